The number of methoxy groups -OCH3 is 2. The molecule has 0 amide bonds. The van der Waals surface area contributed by atoms with Crippen molar-refractivity contribution in [3.05, 3.63) is 47.1 Å². The van der Waals surface area contributed by atoms with Crippen LogP contribution in [0.5, 0.6) is 0 Å². The minimum absolute atomic E-state index is 0.0161. The molecule has 1 spiro atoms. The van der Waals surface area contributed by atoms with Gasteiger partial charge < -0.3 is 67.4 Å². The molecule has 5 saturated heterocycles. The van der Waals surface area contributed by atoms with Crippen molar-refractivity contribution < 1.29 is 77.0 Å². The van der Waals surface area contributed by atoms with Gasteiger partial charge in [-0.15, -0.1) is 0 Å². The molecule has 0 saturated carbocycles. The number of ether oxygens (including phenoxy) is 11. The fourth-order valence-corrected chi connectivity index (χ4v) is 11.3. The van der Waals surface area contributed by atoms with E-state index in [0.717, 1.165) is 12.0 Å². The van der Waals surface area contributed by atoms with Crippen LogP contribution in [0, 0.1) is 23.7 Å². The molecule has 0 aromatic rings. The predicted octanol–water partition coefficient (Wildman–Crippen LogP) is 5.14. The Bertz CT molecular complexity index is 1830. The third-order valence-corrected chi connectivity index (χ3v) is 15.3. The average Bonchev–Trinajstić information content (AvgIpc) is 3.61. The molecular formula is C50H76O16. The standard InChI is InChI=1S/C50H76O16/c1-12-25(2)44-29(6)37(52)23-49(66-44)22-35-19-34(65-49)17-16-27(4)43(63-41-21-39(57-11)46(31(8)60-41)64-40-20-38(56-10)42(53)30(7)59-40)26(3)14-13-15-33-24-58-47-45(61-32(9)51)28(5)18-36(48(54)62-35)50(33,47)55/h13-16,18,25-26,29-31,34-47,52-53,55H,12,17,19-24H2,1-11H3/b14-13+,27-16+,33-15+/t25-,26-,29-,30-,31-,34+,35-,36-,37-,38-,39-,40-,41-,42-,43-,44+,45+,46-,47+,49-,50+/m0/s1. The van der Waals surface area contributed by atoms with Crippen LogP contribution < -0.4 is 0 Å². The molecule has 6 heterocycles. The van der Waals surface area contributed by atoms with E-state index < -0.39 is 115 Å². The van der Waals surface area contributed by atoms with Gasteiger partial charge in [-0.1, -0.05) is 64.5 Å². The molecule has 0 aromatic heterocycles. The molecule has 7 aliphatic rings. The second-order valence-corrected chi connectivity index (χ2v) is 20.1. The van der Waals surface area contributed by atoms with E-state index in [-0.39, 0.29) is 43.3 Å². The van der Waals surface area contributed by atoms with Gasteiger partial charge in [0, 0.05) is 65.1 Å². The maximum Gasteiger partial charge on any atom is 0.316 e. The quantitative estimate of drug-likeness (QED) is 0.203. The van der Waals surface area contributed by atoms with Crippen molar-refractivity contribution in [3.8, 4) is 0 Å². The lowest BCUT2D eigenvalue weighted by Gasteiger charge is -2.52. The third kappa shape index (κ3) is 10.6. The van der Waals surface area contributed by atoms with Crippen LogP contribution in [-0.4, -0.2) is 151 Å². The molecule has 1 aliphatic carbocycles. The van der Waals surface area contributed by atoms with E-state index in [9.17, 15) is 24.9 Å². The number of carbonyl (C=O) groups excluding carboxylic acids is 2. The molecule has 16 heteroatoms. The highest BCUT2D eigenvalue weighted by molar-refractivity contribution is 5.79. The normalized spacial score (nSPS) is 48.2. The molecule has 16 nitrogen and oxygen atoms in total. The van der Waals surface area contributed by atoms with Crippen LogP contribution in [0.25, 0.3) is 0 Å². The molecular weight excluding hydrogens is 857 g/mol. The lowest BCUT2D eigenvalue weighted by molar-refractivity contribution is -0.354. The van der Waals surface area contributed by atoms with Crippen molar-refractivity contribution in [2.45, 2.75) is 211 Å². The Morgan fingerprint density at radius 1 is 0.909 bits per heavy atom. The van der Waals surface area contributed by atoms with Crippen LogP contribution in [0.3, 0.4) is 0 Å². The van der Waals surface area contributed by atoms with Gasteiger partial charge in [0.05, 0.1) is 55.4 Å². The van der Waals surface area contributed by atoms with Crippen molar-refractivity contribution in [2.75, 3.05) is 20.8 Å². The monoisotopic (exact) mass is 933 g/mol. The average molecular weight is 933 g/mol. The Morgan fingerprint density at radius 3 is 2.30 bits per heavy atom. The molecule has 3 N–H and O–H groups in total. The topological polar surface area (TPSA) is 196 Å². The second kappa shape index (κ2) is 21.2. The van der Waals surface area contributed by atoms with Crippen LogP contribution in [0.4, 0.5) is 0 Å². The number of hydrogen-bond donors (Lipinski definition) is 3. The lowest BCUT2D eigenvalue weighted by Crippen LogP contribution is -2.60. The number of allylic oxidation sites excluding steroid dienone is 2. The summed E-state index contributed by atoms with van der Waals surface area (Å²) in [6.45, 7) is 17.0. The first-order chi connectivity index (χ1) is 31.3. The summed E-state index contributed by atoms with van der Waals surface area (Å²) in [4.78, 5) is 26.9. The van der Waals surface area contributed by atoms with Crippen molar-refractivity contribution in [1.29, 1.82) is 0 Å². The first-order valence-corrected chi connectivity index (χ1v) is 24.1. The van der Waals surface area contributed by atoms with Gasteiger partial charge in [0.1, 0.15) is 35.9 Å². The van der Waals surface area contributed by atoms with Crippen LogP contribution in [-0.2, 0) is 61.7 Å². The van der Waals surface area contributed by atoms with Gasteiger partial charge in [-0.3, -0.25) is 9.59 Å². The number of hydrogen-bond acceptors (Lipinski definition) is 16. The Balaban J connectivity index is 1.21. The molecule has 0 unspecified atom stereocenters. The number of esters is 2. The van der Waals surface area contributed by atoms with Gasteiger partial charge in [0.25, 0.3) is 0 Å². The maximum absolute atomic E-state index is 14.6. The summed E-state index contributed by atoms with van der Waals surface area (Å²) in [6, 6.07) is 0. The first kappa shape index (κ1) is 51.3. The number of aliphatic hydroxyl groups excluding tert-OH is 2. The molecule has 5 fully saturated rings. The Hall–Kier alpha value is -2.58. The highest BCUT2D eigenvalue weighted by Gasteiger charge is 2.61. The SMILES string of the molecule is CC[C@H](C)[C@H]1O[C@@]2(C[C@@H]3C[C@@H](C/C=C(\C)[C@@H](O[C@H]4C[C@H](OC)[C@@H](O[C@H]5C[C@H](OC)[C@@H](O)[C@H](C)O5)[C@H](C)O4)[C@@H](C)/C=C/C=C4\CO[C@@H]5[C@H](OC(C)=O)C(C)=C[C@@H](C(=O)O3)[C@]45O)O2)C[C@H](O)[C@@H]1C. The molecule has 372 valence electrons. The minimum Gasteiger partial charge on any atom is -0.462 e. The second-order valence-electron chi connectivity index (χ2n) is 20.1. The van der Waals surface area contributed by atoms with Crippen LogP contribution in [0.1, 0.15) is 107 Å². The highest BCUT2D eigenvalue weighted by atomic mass is 16.7. The van der Waals surface area contributed by atoms with Crippen LogP contribution in [0.15, 0.2) is 47.1 Å². The minimum atomic E-state index is -1.91. The van der Waals surface area contributed by atoms with Gasteiger partial charge >= 0.3 is 11.9 Å². The Kier molecular flexibility index (Phi) is 16.5. The van der Waals surface area contributed by atoms with Crippen LogP contribution in [0.2, 0.25) is 0 Å². The Labute approximate surface area is 390 Å². The zero-order valence-corrected chi connectivity index (χ0v) is 40.7. The molecule has 21 atom stereocenters. The van der Waals surface area contributed by atoms with Crippen molar-refractivity contribution in [3.63, 3.8) is 0 Å². The number of fused-ring (bicyclic) bond motifs is 2. The van der Waals surface area contributed by atoms with Gasteiger partial charge in [0.2, 0.25) is 0 Å². The largest absolute Gasteiger partial charge is 0.462 e. The number of rotatable bonds is 9. The summed E-state index contributed by atoms with van der Waals surface area (Å²) >= 11 is 0. The number of aliphatic hydroxyl groups is 3. The van der Waals surface area contributed by atoms with E-state index in [1.165, 1.54) is 6.92 Å². The van der Waals surface area contributed by atoms with E-state index >= 15 is 0 Å². The van der Waals surface area contributed by atoms with Gasteiger partial charge in [-0.05, 0) is 56.8 Å². The van der Waals surface area contributed by atoms with Crippen molar-refractivity contribution in [1.82, 2.24) is 0 Å². The fraction of sp³-hybridized carbons (Fsp3) is 0.800. The molecule has 66 heavy (non-hydrogen) atoms. The van der Waals surface area contributed by atoms with E-state index in [2.05, 4.69) is 19.9 Å². The van der Waals surface area contributed by atoms with E-state index in [0.29, 0.717) is 36.8 Å². The van der Waals surface area contributed by atoms with Gasteiger partial charge in [0.15, 0.2) is 24.5 Å². The molecule has 6 aliphatic heterocycles. The highest BCUT2D eigenvalue weighted by Crippen LogP contribution is 2.49. The van der Waals surface area contributed by atoms with Crippen LogP contribution >= 0.6 is 0 Å². The third-order valence-electron chi connectivity index (χ3n) is 15.3. The molecule has 0 radical (unpaired) electrons. The maximum atomic E-state index is 14.6. The van der Waals surface area contributed by atoms with E-state index in [1.54, 1.807) is 40.2 Å². The number of carbonyl (C=O) groups is 2. The molecule has 2 bridgehead atoms. The van der Waals surface area contributed by atoms with Crippen molar-refractivity contribution >= 4 is 11.9 Å². The Morgan fingerprint density at radius 2 is 1.61 bits per heavy atom. The smallest absolute Gasteiger partial charge is 0.316 e. The lowest BCUT2D eigenvalue weighted by atomic mass is 9.70. The fourth-order valence-electron chi connectivity index (χ4n) is 11.3. The summed E-state index contributed by atoms with van der Waals surface area (Å²) in [5, 5.41) is 34.9. The summed E-state index contributed by atoms with van der Waals surface area (Å²) in [5.41, 5.74) is 0.00499. The summed E-state index contributed by atoms with van der Waals surface area (Å²) in [7, 11) is 3.20. The van der Waals surface area contributed by atoms with Gasteiger partial charge in [-0.2, -0.15) is 0 Å². The van der Waals surface area contributed by atoms with E-state index in [1.807, 2.05) is 39.8 Å². The van der Waals surface area contributed by atoms with E-state index in [4.69, 9.17) is 52.1 Å². The zero-order chi connectivity index (χ0) is 47.8. The first-order valence-electron chi connectivity index (χ1n) is 24.1. The summed E-state index contributed by atoms with van der Waals surface area (Å²) < 4.78 is 69.7. The predicted molar refractivity (Wildman–Crippen MR) is 238 cm³/mol. The van der Waals surface area contributed by atoms with Gasteiger partial charge in [-0.25, -0.2) is 0 Å². The molecule has 7 rings (SSSR count). The van der Waals surface area contributed by atoms with Crippen molar-refractivity contribution in [2.24, 2.45) is 23.7 Å². The molecule has 0 aromatic carbocycles. The summed E-state index contributed by atoms with van der Waals surface area (Å²) in [6.07, 6.45) is 2.91. The zero-order valence-electron chi connectivity index (χ0n) is 40.7. The summed E-state index contributed by atoms with van der Waals surface area (Å²) in [5.74, 6) is -3.87.